The Morgan fingerprint density at radius 1 is 0.677 bits per heavy atom. The van der Waals surface area contributed by atoms with E-state index in [1.165, 1.54) is 31.2 Å². The average molecular weight is 561 g/mol. The van der Waals surface area contributed by atoms with E-state index in [1.54, 1.807) is 0 Å². The summed E-state index contributed by atoms with van der Waals surface area (Å²) in [6, 6.07) is 24.1. The van der Waals surface area contributed by atoms with Gasteiger partial charge in [-0.05, 0) is 82.9 Å². The van der Waals surface area contributed by atoms with Crippen molar-refractivity contribution in [3.63, 3.8) is 0 Å². The molecule has 162 valence electrons. The van der Waals surface area contributed by atoms with E-state index in [0.29, 0.717) is 17.8 Å². The molecule has 3 heteroatoms. The van der Waals surface area contributed by atoms with Crippen LogP contribution in [0.3, 0.4) is 0 Å². The number of benzene rings is 3. The zero-order chi connectivity index (χ0) is 22.2. The molecule has 3 aromatic rings. The Morgan fingerprint density at radius 3 is 1.74 bits per heavy atom. The second kappa shape index (κ2) is 9.41. The van der Waals surface area contributed by atoms with Crippen molar-refractivity contribution >= 4 is 43.5 Å². The Morgan fingerprint density at radius 2 is 1.19 bits per heavy atom. The van der Waals surface area contributed by atoms with Crippen molar-refractivity contribution in [2.24, 2.45) is 0 Å². The highest BCUT2D eigenvalue weighted by Gasteiger charge is 2.34. The van der Waals surface area contributed by atoms with Crippen molar-refractivity contribution in [2.45, 2.75) is 63.2 Å². The minimum absolute atomic E-state index is 0.144. The maximum atomic E-state index is 6.66. The van der Waals surface area contributed by atoms with Crippen molar-refractivity contribution in [2.75, 3.05) is 0 Å². The number of hydrogen-bond acceptors (Lipinski definition) is 0. The van der Waals surface area contributed by atoms with Crippen LogP contribution in [0.25, 0.3) is 0 Å². The van der Waals surface area contributed by atoms with Gasteiger partial charge >= 0.3 is 0 Å². The molecule has 1 fully saturated rings. The fourth-order valence-corrected chi connectivity index (χ4v) is 6.62. The van der Waals surface area contributed by atoms with Gasteiger partial charge < -0.3 is 0 Å². The first kappa shape index (κ1) is 23.1. The summed E-state index contributed by atoms with van der Waals surface area (Å²) >= 11 is 14.4. The van der Waals surface area contributed by atoms with Crippen molar-refractivity contribution in [1.82, 2.24) is 0 Å². The lowest BCUT2D eigenvalue weighted by atomic mass is 9.68. The molecule has 0 heterocycles. The molecule has 0 spiro atoms. The molecule has 3 unspecified atom stereocenters. The van der Waals surface area contributed by atoms with E-state index in [4.69, 9.17) is 11.6 Å². The van der Waals surface area contributed by atoms with Crippen LogP contribution in [0.5, 0.6) is 0 Å². The van der Waals surface area contributed by atoms with E-state index in [0.717, 1.165) is 24.3 Å². The maximum absolute atomic E-state index is 6.66. The van der Waals surface area contributed by atoms with Crippen molar-refractivity contribution in [3.05, 3.63) is 103 Å². The van der Waals surface area contributed by atoms with E-state index >= 15 is 0 Å². The zero-order valence-corrected chi connectivity index (χ0v) is 22.3. The Hall–Kier alpha value is -1.09. The number of hydrogen-bond donors (Lipinski definition) is 0. The second-order valence-electron chi connectivity index (χ2n) is 9.83. The minimum atomic E-state index is 0.144. The molecule has 1 aliphatic carbocycles. The average Bonchev–Trinajstić information content (AvgIpc) is 2.73. The van der Waals surface area contributed by atoms with Gasteiger partial charge in [-0.3, -0.25) is 0 Å². The zero-order valence-electron chi connectivity index (χ0n) is 18.3. The summed E-state index contributed by atoms with van der Waals surface area (Å²) in [6.45, 7) is 6.81. The quantitative estimate of drug-likeness (QED) is 0.299. The summed E-state index contributed by atoms with van der Waals surface area (Å²) in [7, 11) is 0. The molecular formula is C28H29Br2Cl. The van der Waals surface area contributed by atoms with Crippen LogP contribution in [0.2, 0.25) is 5.02 Å². The molecule has 0 aliphatic heterocycles. The normalized spacial score (nSPS) is 21.8. The lowest BCUT2D eigenvalue weighted by molar-refractivity contribution is 0.350. The van der Waals surface area contributed by atoms with Crippen LogP contribution in [-0.2, 0) is 5.41 Å². The second-order valence-corrected chi connectivity index (χ2v) is 11.9. The van der Waals surface area contributed by atoms with Crippen LogP contribution in [-0.4, -0.2) is 0 Å². The molecule has 1 saturated carbocycles. The van der Waals surface area contributed by atoms with Gasteiger partial charge in [-0.25, -0.2) is 0 Å². The van der Waals surface area contributed by atoms with Crippen LogP contribution in [0.4, 0.5) is 0 Å². The van der Waals surface area contributed by atoms with Gasteiger partial charge in [-0.15, -0.1) is 0 Å². The van der Waals surface area contributed by atoms with Gasteiger partial charge in [0.25, 0.3) is 0 Å². The lowest BCUT2D eigenvalue weighted by Gasteiger charge is -2.37. The smallest absolute Gasteiger partial charge is 0.0440 e. The van der Waals surface area contributed by atoms with Crippen molar-refractivity contribution in [1.29, 1.82) is 0 Å². The largest absolute Gasteiger partial charge is 0.0840 e. The third kappa shape index (κ3) is 5.13. The molecule has 0 nitrogen and oxygen atoms in total. The topological polar surface area (TPSA) is 0 Å². The first-order valence-electron chi connectivity index (χ1n) is 11.0. The van der Waals surface area contributed by atoms with Gasteiger partial charge in [0.15, 0.2) is 0 Å². The Balaban J connectivity index is 1.73. The summed E-state index contributed by atoms with van der Waals surface area (Å²) < 4.78 is 2.44. The number of halogens is 3. The highest BCUT2D eigenvalue weighted by molar-refractivity contribution is 9.10. The summed E-state index contributed by atoms with van der Waals surface area (Å²) in [5, 5.41) is 0.890. The molecule has 0 bridgehead atoms. The highest BCUT2D eigenvalue weighted by Crippen LogP contribution is 2.51. The van der Waals surface area contributed by atoms with Crippen LogP contribution in [0, 0.1) is 0 Å². The van der Waals surface area contributed by atoms with Crippen LogP contribution >= 0.6 is 43.5 Å². The van der Waals surface area contributed by atoms with Crippen molar-refractivity contribution < 1.29 is 0 Å². The molecule has 3 aromatic carbocycles. The molecule has 0 N–H and O–H groups in total. The predicted octanol–water partition coefficient (Wildman–Crippen LogP) is 10.00. The van der Waals surface area contributed by atoms with Gasteiger partial charge in [-0.1, -0.05) is 113 Å². The minimum Gasteiger partial charge on any atom is -0.0840 e. The van der Waals surface area contributed by atoms with Crippen LogP contribution in [0.1, 0.15) is 80.0 Å². The third-order valence-corrected chi connectivity index (χ3v) is 8.46. The Bertz CT molecular complexity index is 1010. The van der Waals surface area contributed by atoms with Crippen LogP contribution in [0.15, 0.2) is 75.7 Å². The van der Waals surface area contributed by atoms with Gasteiger partial charge in [0.2, 0.25) is 0 Å². The Kier molecular flexibility index (Phi) is 7.01. The van der Waals surface area contributed by atoms with E-state index < -0.39 is 0 Å². The summed E-state index contributed by atoms with van der Waals surface area (Å²) in [4.78, 5) is 0. The van der Waals surface area contributed by atoms with Crippen LogP contribution < -0.4 is 0 Å². The SMILES string of the molecule is CC(C)(C)c1ccc(C2CC(c3ccccc3Cl)CC(c3ccccc3Br)C2)c(Br)c1. The standard InChI is InChI=1S/C28H29Br2Cl/c1-28(2,3)21-12-13-23(26(30)17-21)19-14-18(22-8-4-6-10-25(22)29)15-20(16-19)24-9-5-7-11-27(24)31/h4-13,17-20H,14-16H2,1-3H3. The lowest BCUT2D eigenvalue weighted by Crippen LogP contribution is -2.21. The van der Waals surface area contributed by atoms with E-state index in [9.17, 15) is 0 Å². The third-order valence-electron chi connectivity index (χ3n) is 6.70. The molecule has 0 amide bonds. The van der Waals surface area contributed by atoms with E-state index in [1.807, 2.05) is 12.1 Å². The highest BCUT2D eigenvalue weighted by atomic mass is 79.9. The first-order valence-corrected chi connectivity index (χ1v) is 13.0. The molecule has 3 atom stereocenters. The van der Waals surface area contributed by atoms with Gasteiger partial charge in [-0.2, -0.15) is 0 Å². The summed E-state index contributed by atoms with van der Waals surface area (Å²) in [6.07, 6.45) is 3.40. The molecule has 0 saturated heterocycles. The van der Waals surface area contributed by atoms with Gasteiger partial charge in [0.1, 0.15) is 0 Å². The predicted molar refractivity (Wildman–Crippen MR) is 141 cm³/mol. The van der Waals surface area contributed by atoms with Crippen molar-refractivity contribution in [3.8, 4) is 0 Å². The summed E-state index contributed by atoms with van der Waals surface area (Å²) in [5.74, 6) is 1.42. The summed E-state index contributed by atoms with van der Waals surface area (Å²) in [5.41, 5.74) is 5.62. The maximum Gasteiger partial charge on any atom is 0.0440 e. The molecule has 4 rings (SSSR count). The van der Waals surface area contributed by atoms with Gasteiger partial charge in [0, 0.05) is 14.0 Å². The fourth-order valence-electron chi connectivity index (χ4n) is 5.02. The molecule has 31 heavy (non-hydrogen) atoms. The molecule has 0 radical (unpaired) electrons. The fraction of sp³-hybridized carbons (Fsp3) is 0.357. The first-order chi connectivity index (χ1) is 14.7. The monoisotopic (exact) mass is 558 g/mol. The molecule has 0 aromatic heterocycles. The van der Waals surface area contributed by atoms with E-state index in [2.05, 4.69) is 107 Å². The number of rotatable bonds is 3. The Labute approximate surface area is 208 Å². The molecular weight excluding hydrogens is 532 g/mol. The van der Waals surface area contributed by atoms with E-state index in [-0.39, 0.29) is 5.41 Å². The van der Waals surface area contributed by atoms with Gasteiger partial charge in [0.05, 0.1) is 0 Å². The molecule has 1 aliphatic rings.